The van der Waals surface area contributed by atoms with E-state index in [-0.39, 0.29) is 17.9 Å². The average molecular weight is 328 g/mol. The Morgan fingerprint density at radius 2 is 1.50 bits per heavy atom. The number of nitrogens with one attached hydrogen (secondary N) is 1. The molecule has 0 spiro atoms. The number of carbonyl (C=O) groups excluding carboxylic acids is 2. The van der Waals surface area contributed by atoms with Crippen LogP contribution in [0.1, 0.15) is 78.5 Å². The van der Waals surface area contributed by atoms with E-state index >= 15 is 0 Å². The average Bonchev–Trinajstić information content (AvgIpc) is 2.90. The lowest BCUT2D eigenvalue weighted by Crippen LogP contribution is -2.36. The largest absolute Gasteiger partial charge is 0.349 e. The number of hydrogen-bond donors (Lipinski definition) is 1. The van der Waals surface area contributed by atoms with Crippen molar-refractivity contribution in [3.05, 3.63) is 35.4 Å². The van der Waals surface area contributed by atoms with Crippen LogP contribution < -0.4 is 5.32 Å². The molecule has 1 saturated carbocycles. The summed E-state index contributed by atoms with van der Waals surface area (Å²) in [6.45, 7) is 1.66. The van der Waals surface area contributed by atoms with Crippen LogP contribution >= 0.6 is 0 Å². The van der Waals surface area contributed by atoms with Crippen molar-refractivity contribution in [2.45, 2.75) is 63.8 Å². The lowest BCUT2D eigenvalue weighted by molar-refractivity contribution is 0.0724. The van der Waals surface area contributed by atoms with Crippen molar-refractivity contribution in [3.8, 4) is 0 Å². The summed E-state index contributed by atoms with van der Waals surface area (Å²) < 4.78 is 0. The van der Waals surface area contributed by atoms with Gasteiger partial charge in [-0.3, -0.25) is 9.59 Å². The quantitative estimate of drug-likeness (QED) is 0.859. The minimum atomic E-state index is -0.0461. The summed E-state index contributed by atoms with van der Waals surface area (Å²) in [4.78, 5) is 27.1. The van der Waals surface area contributed by atoms with Crippen LogP contribution in [0.4, 0.5) is 0 Å². The molecule has 1 heterocycles. The Morgan fingerprint density at radius 1 is 0.875 bits per heavy atom. The van der Waals surface area contributed by atoms with E-state index in [1.54, 1.807) is 12.1 Å². The minimum absolute atomic E-state index is 0.0461. The number of benzene rings is 1. The van der Waals surface area contributed by atoms with E-state index in [2.05, 4.69) is 5.32 Å². The molecule has 1 aliphatic heterocycles. The SMILES string of the molecule is O=C(NC1CCCCCC1)c1cccc(C(=O)N2CCCCC2)c1. The van der Waals surface area contributed by atoms with Crippen molar-refractivity contribution in [1.82, 2.24) is 10.2 Å². The highest BCUT2D eigenvalue weighted by atomic mass is 16.2. The number of likely N-dealkylation sites (tertiary alicyclic amines) is 1. The molecule has 0 unspecified atom stereocenters. The van der Waals surface area contributed by atoms with E-state index in [0.29, 0.717) is 11.1 Å². The molecular weight excluding hydrogens is 300 g/mol. The number of rotatable bonds is 3. The summed E-state index contributed by atoms with van der Waals surface area (Å²) in [5, 5.41) is 3.16. The van der Waals surface area contributed by atoms with E-state index < -0.39 is 0 Å². The third-order valence-corrected chi connectivity index (χ3v) is 5.21. The van der Waals surface area contributed by atoms with Gasteiger partial charge in [-0.1, -0.05) is 31.7 Å². The Hall–Kier alpha value is -1.84. The molecule has 3 rings (SSSR count). The zero-order valence-electron chi connectivity index (χ0n) is 14.4. The van der Waals surface area contributed by atoms with Crippen LogP contribution in [0.3, 0.4) is 0 Å². The molecule has 1 aliphatic carbocycles. The molecule has 1 aromatic rings. The molecule has 4 nitrogen and oxygen atoms in total. The van der Waals surface area contributed by atoms with Gasteiger partial charge in [-0.05, 0) is 50.3 Å². The summed E-state index contributed by atoms with van der Waals surface area (Å²) in [5.41, 5.74) is 1.23. The first kappa shape index (κ1) is 17.0. The van der Waals surface area contributed by atoms with Gasteiger partial charge in [-0.25, -0.2) is 0 Å². The molecule has 0 atom stereocenters. The van der Waals surface area contributed by atoms with Gasteiger partial charge in [0.2, 0.25) is 0 Å². The van der Waals surface area contributed by atoms with E-state index in [1.165, 1.54) is 32.1 Å². The molecular formula is C20H28N2O2. The van der Waals surface area contributed by atoms with Crippen molar-refractivity contribution >= 4 is 11.8 Å². The summed E-state index contributed by atoms with van der Waals surface area (Å²) >= 11 is 0. The standard InChI is InChI=1S/C20H28N2O2/c23-19(21-18-11-4-1-2-5-12-18)16-9-8-10-17(15-16)20(24)22-13-6-3-7-14-22/h8-10,15,18H,1-7,11-14H2,(H,21,23). The Balaban J connectivity index is 1.65. The van der Waals surface area contributed by atoms with Gasteiger partial charge in [0.1, 0.15) is 0 Å². The minimum Gasteiger partial charge on any atom is -0.349 e. The van der Waals surface area contributed by atoms with Gasteiger partial charge >= 0.3 is 0 Å². The van der Waals surface area contributed by atoms with E-state index in [0.717, 1.165) is 38.8 Å². The van der Waals surface area contributed by atoms with Crippen molar-refractivity contribution in [3.63, 3.8) is 0 Å². The Bertz CT molecular complexity index is 571. The van der Waals surface area contributed by atoms with E-state index in [9.17, 15) is 9.59 Å². The second-order valence-corrected chi connectivity index (χ2v) is 7.10. The van der Waals surface area contributed by atoms with Crippen LogP contribution in [0.5, 0.6) is 0 Å². The normalized spacial score (nSPS) is 19.6. The first-order valence-electron chi connectivity index (χ1n) is 9.44. The Morgan fingerprint density at radius 3 is 2.21 bits per heavy atom. The number of amides is 2. The molecule has 24 heavy (non-hydrogen) atoms. The van der Waals surface area contributed by atoms with Crippen LogP contribution in [0.2, 0.25) is 0 Å². The van der Waals surface area contributed by atoms with Gasteiger partial charge in [-0.15, -0.1) is 0 Å². The third kappa shape index (κ3) is 4.37. The molecule has 0 bridgehead atoms. The lowest BCUT2D eigenvalue weighted by atomic mass is 10.1. The van der Waals surface area contributed by atoms with Crippen molar-refractivity contribution < 1.29 is 9.59 Å². The van der Waals surface area contributed by atoms with Gasteiger partial charge in [0.25, 0.3) is 11.8 Å². The molecule has 4 heteroatoms. The first-order chi connectivity index (χ1) is 11.7. The Kier molecular flexibility index (Phi) is 5.89. The highest BCUT2D eigenvalue weighted by molar-refractivity contribution is 5.99. The lowest BCUT2D eigenvalue weighted by Gasteiger charge is -2.26. The first-order valence-corrected chi connectivity index (χ1v) is 9.44. The predicted octanol–water partition coefficient (Wildman–Crippen LogP) is 3.77. The zero-order chi connectivity index (χ0) is 16.8. The maximum atomic E-state index is 12.6. The maximum absolute atomic E-state index is 12.6. The molecule has 130 valence electrons. The second kappa shape index (κ2) is 8.32. The van der Waals surface area contributed by atoms with Gasteiger partial charge in [0.05, 0.1) is 0 Å². The molecule has 1 N–H and O–H groups in total. The summed E-state index contributed by atoms with van der Waals surface area (Å²) in [5.74, 6) is 0.00834. The zero-order valence-corrected chi connectivity index (χ0v) is 14.4. The summed E-state index contributed by atoms with van der Waals surface area (Å²) in [7, 11) is 0. The molecule has 0 radical (unpaired) electrons. The number of nitrogens with zero attached hydrogens (tertiary/aromatic N) is 1. The van der Waals surface area contributed by atoms with Crippen LogP contribution in [0, 0.1) is 0 Å². The predicted molar refractivity (Wildman–Crippen MR) is 95.2 cm³/mol. The fraction of sp³-hybridized carbons (Fsp3) is 0.600. The third-order valence-electron chi connectivity index (χ3n) is 5.21. The molecule has 1 saturated heterocycles. The van der Waals surface area contributed by atoms with Crippen molar-refractivity contribution in [1.29, 1.82) is 0 Å². The van der Waals surface area contributed by atoms with Gasteiger partial charge in [0.15, 0.2) is 0 Å². The highest BCUT2D eigenvalue weighted by Gasteiger charge is 2.20. The number of carbonyl (C=O) groups is 2. The molecule has 2 fully saturated rings. The fourth-order valence-electron chi connectivity index (χ4n) is 3.77. The van der Waals surface area contributed by atoms with Gasteiger partial charge < -0.3 is 10.2 Å². The second-order valence-electron chi connectivity index (χ2n) is 7.10. The smallest absolute Gasteiger partial charge is 0.253 e. The van der Waals surface area contributed by atoms with E-state index in [4.69, 9.17) is 0 Å². The van der Waals surface area contributed by atoms with Crippen LogP contribution in [-0.2, 0) is 0 Å². The molecule has 1 aromatic carbocycles. The molecule has 2 aliphatic rings. The number of piperidine rings is 1. The fourth-order valence-corrected chi connectivity index (χ4v) is 3.77. The summed E-state index contributed by atoms with van der Waals surface area (Å²) in [6.07, 6.45) is 10.4. The number of hydrogen-bond acceptors (Lipinski definition) is 2. The Labute approximate surface area is 144 Å². The monoisotopic (exact) mass is 328 g/mol. The molecule has 0 aromatic heterocycles. The van der Waals surface area contributed by atoms with Crippen LogP contribution in [0.25, 0.3) is 0 Å². The van der Waals surface area contributed by atoms with E-state index in [1.807, 2.05) is 17.0 Å². The van der Waals surface area contributed by atoms with Gasteiger partial charge in [0, 0.05) is 30.3 Å². The summed E-state index contributed by atoms with van der Waals surface area (Å²) in [6, 6.07) is 7.47. The van der Waals surface area contributed by atoms with Crippen LogP contribution in [-0.4, -0.2) is 35.8 Å². The topological polar surface area (TPSA) is 49.4 Å². The van der Waals surface area contributed by atoms with Gasteiger partial charge in [-0.2, -0.15) is 0 Å². The van der Waals surface area contributed by atoms with Crippen LogP contribution in [0.15, 0.2) is 24.3 Å². The van der Waals surface area contributed by atoms with Crippen molar-refractivity contribution in [2.75, 3.05) is 13.1 Å². The highest BCUT2D eigenvalue weighted by Crippen LogP contribution is 2.18. The van der Waals surface area contributed by atoms with Crippen molar-refractivity contribution in [2.24, 2.45) is 0 Å². The maximum Gasteiger partial charge on any atom is 0.253 e. The molecule has 2 amide bonds.